The van der Waals surface area contributed by atoms with Gasteiger partial charge in [-0.1, -0.05) is 23.2 Å². The number of aryl methyl sites for hydroxylation is 1. The number of rotatable bonds is 6. The van der Waals surface area contributed by atoms with Crippen molar-refractivity contribution in [3.05, 3.63) is 57.8 Å². The van der Waals surface area contributed by atoms with Crippen molar-refractivity contribution in [1.29, 1.82) is 0 Å². The summed E-state index contributed by atoms with van der Waals surface area (Å²) in [6, 6.07) is 8.46. The molecule has 2 amide bonds. The molecule has 3 aliphatic carbocycles. The highest BCUT2D eigenvalue weighted by molar-refractivity contribution is 6.42. The van der Waals surface area contributed by atoms with Crippen LogP contribution in [0.25, 0.3) is 0 Å². The first-order valence-electron chi connectivity index (χ1n) is 8.92. The molecule has 1 aromatic carbocycles. The number of aromatic nitrogens is 1. The highest BCUT2D eigenvalue weighted by Gasteiger charge is 2.69. The average molecular weight is 420 g/mol. The Bertz CT molecular complexity index is 944. The molecule has 0 unspecified atom stereocenters. The summed E-state index contributed by atoms with van der Waals surface area (Å²) in [6.45, 7) is 1.82. The van der Waals surface area contributed by atoms with Crippen molar-refractivity contribution < 1.29 is 14.3 Å². The van der Waals surface area contributed by atoms with E-state index in [1.807, 2.05) is 13.0 Å². The number of nitrogens with zero attached hydrogens (tertiary/aromatic N) is 1. The third-order valence-corrected chi connectivity index (χ3v) is 5.96. The van der Waals surface area contributed by atoms with Crippen LogP contribution >= 0.6 is 23.2 Å². The summed E-state index contributed by atoms with van der Waals surface area (Å²) in [7, 11) is 0. The van der Waals surface area contributed by atoms with Gasteiger partial charge in [0.25, 0.3) is 11.8 Å². The minimum Gasteiger partial charge on any atom is -0.484 e. The molecule has 8 heteroatoms. The second-order valence-corrected chi connectivity index (χ2v) is 8.49. The minimum atomic E-state index is -0.245. The standard InChI is InChI=1S/C20H19Cl2N3O3/c1-12-4-5-23-16(6-12)18(27)25-20-9-19(10-20,11-20)24-17(26)8-28-13-2-3-14(21)15(22)7-13/h2-7H,8-11H2,1H3,(H,24,26)(H,25,27). The van der Waals surface area contributed by atoms with Gasteiger partial charge in [0.05, 0.1) is 10.0 Å². The summed E-state index contributed by atoms with van der Waals surface area (Å²) in [5, 5.41) is 6.88. The van der Waals surface area contributed by atoms with E-state index in [0.29, 0.717) is 21.5 Å². The van der Waals surface area contributed by atoms with Gasteiger partial charge in [0.1, 0.15) is 11.4 Å². The summed E-state index contributed by atoms with van der Waals surface area (Å²) in [4.78, 5) is 28.7. The van der Waals surface area contributed by atoms with Gasteiger partial charge in [-0.3, -0.25) is 14.6 Å². The molecule has 2 N–H and O–H groups in total. The Morgan fingerprint density at radius 2 is 1.79 bits per heavy atom. The summed E-state index contributed by atoms with van der Waals surface area (Å²) in [6.07, 6.45) is 3.78. The van der Waals surface area contributed by atoms with Gasteiger partial charge in [-0.15, -0.1) is 0 Å². The van der Waals surface area contributed by atoms with E-state index in [9.17, 15) is 9.59 Å². The van der Waals surface area contributed by atoms with Crippen LogP contribution in [0, 0.1) is 6.92 Å². The molecule has 1 aromatic heterocycles. The number of hydrogen-bond acceptors (Lipinski definition) is 4. The highest BCUT2D eigenvalue weighted by atomic mass is 35.5. The molecule has 28 heavy (non-hydrogen) atoms. The number of carbonyl (C=O) groups is 2. The van der Waals surface area contributed by atoms with Crippen LogP contribution < -0.4 is 15.4 Å². The van der Waals surface area contributed by atoms with Crippen LogP contribution in [0.15, 0.2) is 36.5 Å². The van der Waals surface area contributed by atoms with Crippen LogP contribution in [0.3, 0.4) is 0 Å². The molecule has 1 heterocycles. The molecule has 0 spiro atoms. The topological polar surface area (TPSA) is 80.3 Å². The third kappa shape index (κ3) is 3.66. The quantitative estimate of drug-likeness (QED) is 0.752. The molecule has 146 valence electrons. The first-order valence-corrected chi connectivity index (χ1v) is 9.68. The fourth-order valence-corrected chi connectivity index (χ4v) is 4.35. The van der Waals surface area contributed by atoms with Crippen molar-refractivity contribution in [2.75, 3.05) is 6.61 Å². The van der Waals surface area contributed by atoms with E-state index in [1.54, 1.807) is 30.5 Å². The van der Waals surface area contributed by atoms with Gasteiger partial charge in [0.15, 0.2) is 6.61 Å². The predicted octanol–water partition coefficient (Wildman–Crippen LogP) is 3.30. The zero-order valence-electron chi connectivity index (χ0n) is 15.2. The second kappa shape index (κ2) is 6.94. The number of hydrogen-bond donors (Lipinski definition) is 2. The molecule has 0 radical (unpaired) electrons. The van der Waals surface area contributed by atoms with Crippen LogP contribution in [0.2, 0.25) is 10.0 Å². The van der Waals surface area contributed by atoms with Crippen LogP contribution in [0.1, 0.15) is 35.3 Å². The third-order valence-electron chi connectivity index (χ3n) is 5.22. The van der Waals surface area contributed by atoms with Crippen LogP contribution in [0.5, 0.6) is 5.75 Å². The van der Waals surface area contributed by atoms with E-state index in [0.717, 1.165) is 24.8 Å². The molecule has 2 aromatic rings. The van der Waals surface area contributed by atoms with Gasteiger partial charge < -0.3 is 15.4 Å². The van der Waals surface area contributed by atoms with Gasteiger partial charge in [-0.05, 0) is 56.0 Å². The van der Waals surface area contributed by atoms with Crippen molar-refractivity contribution >= 4 is 35.0 Å². The number of ether oxygens (including phenoxy) is 1. The van der Waals surface area contributed by atoms with Crippen molar-refractivity contribution in [3.63, 3.8) is 0 Å². The number of nitrogens with one attached hydrogen (secondary N) is 2. The molecule has 0 saturated heterocycles. The second-order valence-electron chi connectivity index (χ2n) is 7.68. The SMILES string of the molecule is Cc1ccnc(C(=O)NC23CC(NC(=O)COc4ccc(Cl)c(Cl)c4)(C2)C3)c1. The van der Waals surface area contributed by atoms with Gasteiger partial charge in [-0.25, -0.2) is 0 Å². The van der Waals surface area contributed by atoms with E-state index in [-0.39, 0.29) is 29.5 Å². The Labute approximate surface area is 172 Å². The first kappa shape index (κ1) is 19.0. The van der Waals surface area contributed by atoms with Crippen LogP contribution in [-0.4, -0.2) is 34.5 Å². The van der Waals surface area contributed by atoms with E-state index < -0.39 is 0 Å². The summed E-state index contributed by atoms with van der Waals surface area (Å²) >= 11 is 11.8. The van der Waals surface area contributed by atoms with Gasteiger partial charge in [0.2, 0.25) is 0 Å². The molecular formula is C20H19Cl2N3O3. The van der Waals surface area contributed by atoms with Gasteiger partial charge in [-0.2, -0.15) is 0 Å². The molecule has 3 saturated carbocycles. The van der Waals surface area contributed by atoms with E-state index in [1.165, 1.54) is 0 Å². The molecule has 2 bridgehead atoms. The highest BCUT2D eigenvalue weighted by Crippen LogP contribution is 2.60. The average Bonchev–Trinajstić information content (AvgIpc) is 2.59. The lowest BCUT2D eigenvalue weighted by molar-refractivity contribution is -0.141. The smallest absolute Gasteiger partial charge is 0.270 e. The van der Waals surface area contributed by atoms with Crippen molar-refractivity contribution in [3.8, 4) is 5.75 Å². The number of benzene rings is 1. The number of halogens is 2. The Morgan fingerprint density at radius 1 is 1.07 bits per heavy atom. The Kier molecular flexibility index (Phi) is 4.71. The van der Waals surface area contributed by atoms with Crippen molar-refractivity contribution in [1.82, 2.24) is 15.6 Å². The Morgan fingerprint density at radius 3 is 2.46 bits per heavy atom. The lowest BCUT2D eigenvalue weighted by Gasteiger charge is -2.70. The van der Waals surface area contributed by atoms with Gasteiger partial charge in [0, 0.05) is 23.3 Å². The molecule has 3 fully saturated rings. The normalized spacial score (nSPS) is 24.5. The van der Waals surface area contributed by atoms with Crippen molar-refractivity contribution in [2.45, 2.75) is 37.3 Å². The molecule has 6 nitrogen and oxygen atoms in total. The largest absolute Gasteiger partial charge is 0.484 e. The van der Waals surface area contributed by atoms with E-state index in [4.69, 9.17) is 27.9 Å². The van der Waals surface area contributed by atoms with Crippen LogP contribution in [0.4, 0.5) is 0 Å². The lowest BCUT2D eigenvalue weighted by Crippen LogP contribution is -2.84. The first-order chi connectivity index (χ1) is 13.3. The maximum Gasteiger partial charge on any atom is 0.270 e. The zero-order valence-corrected chi connectivity index (χ0v) is 16.7. The maximum atomic E-state index is 12.4. The molecule has 3 aliphatic rings. The fourth-order valence-electron chi connectivity index (χ4n) is 4.07. The fraction of sp³-hybridized carbons (Fsp3) is 0.350. The summed E-state index contributed by atoms with van der Waals surface area (Å²) in [5.74, 6) is 0.105. The molecule has 5 rings (SSSR count). The maximum absolute atomic E-state index is 12.4. The molecular weight excluding hydrogens is 401 g/mol. The van der Waals surface area contributed by atoms with Gasteiger partial charge >= 0.3 is 0 Å². The Hall–Kier alpha value is -2.31. The molecule has 0 aliphatic heterocycles. The number of carbonyl (C=O) groups excluding carboxylic acids is 2. The summed E-state index contributed by atoms with van der Waals surface area (Å²) < 4.78 is 5.46. The number of pyridine rings is 1. The Balaban J connectivity index is 1.24. The molecule has 0 atom stereocenters. The predicted molar refractivity (Wildman–Crippen MR) is 106 cm³/mol. The monoisotopic (exact) mass is 419 g/mol. The lowest BCUT2D eigenvalue weighted by atomic mass is 9.44. The minimum absolute atomic E-state index is 0.105. The number of amides is 2. The van der Waals surface area contributed by atoms with E-state index >= 15 is 0 Å². The van der Waals surface area contributed by atoms with E-state index in [2.05, 4.69) is 15.6 Å². The van der Waals surface area contributed by atoms with Crippen LogP contribution in [-0.2, 0) is 4.79 Å². The summed E-state index contributed by atoms with van der Waals surface area (Å²) in [5.41, 5.74) is 0.924. The van der Waals surface area contributed by atoms with Crippen molar-refractivity contribution in [2.24, 2.45) is 0 Å². The zero-order chi connectivity index (χ0) is 19.9.